The van der Waals surface area contributed by atoms with Gasteiger partial charge in [-0.15, -0.1) is 0 Å². The molecule has 4 atom stereocenters. The van der Waals surface area contributed by atoms with E-state index in [1.165, 1.54) is 20.8 Å². The molecule has 0 heterocycles. The number of rotatable bonds is 7. The summed E-state index contributed by atoms with van der Waals surface area (Å²) in [6.45, 7) is 8.05. The molecule has 0 saturated carbocycles. The number of halogens is 3. The van der Waals surface area contributed by atoms with Gasteiger partial charge in [0, 0.05) is 0 Å². The molecule has 2 N–H and O–H groups in total. The van der Waals surface area contributed by atoms with E-state index in [0.717, 1.165) is 0 Å². The van der Waals surface area contributed by atoms with E-state index in [1.54, 1.807) is 13.8 Å². The van der Waals surface area contributed by atoms with Gasteiger partial charge in [-0.05, 0) is 33.1 Å². The second-order valence-corrected chi connectivity index (χ2v) is 8.21. The average molecular weight is 331 g/mol. The monoisotopic (exact) mass is 331 g/mol. The van der Waals surface area contributed by atoms with Crippen molar-refractivity contribution < 1.29 is 27.3 Å². The third-order valence-corrected chi connectivity index (χ3v) is 4.80. The Kier molecular flexibility index (Phi) is 7.35. The van der Waals surface area contributed by atoms with Crippen molar-refractivity contribution in [1.29, 1.82) is 0 Å². The highest BCUT2D eigenvalue weighted by Gasteiger charge is 2.49. The molecular weight excluding hydrogens is 307 g/mol. The van der Waals surface area contributed by atoms with Gasteiger partial charge in [0.1, 0.15) is 6.04 Å². The van der Waals surface area contributed by atoms with Crippen LogP contribution in [0.15, 0.2) is 0 Å². The van der Waals surface area contributed by atoms with E-state index in [4.69, 9.17) is 5.11 Å². The first-order chi connectivity index (χ1) is 9.30. The Bertz CT molecular complexity index is 380. The number of alkyl halides is 3. The highest BCUT2D eigenvalue weighted by molar-refractivity contribution is 7.84. The fraction of sp³-hybridized carbons (Fsp3) is 0.923. The summed E-state index contributed by atoms with van der Waals surface area (Å²) in [5.41, 5.74) is 0. The molecule has 4 nitrogen and oxygen atoms in total. The largest absolute Gasteiger partial charge is 0.481 e. The maximum atomic E-state index is 13.2. The molecule has 0 aliphatic rings. The van der Waals surface area contributed by atoms with Crippen molar-refractivity contribution in [3.8, 4) is 0 Å². The Balaban J connectivity index is 5.37. The number of hydrogen-bond donors (Lipinski definition) is 2. The summed E-state index contributed by atoms with van der Waals surface area (Å²) in [6.07, 6.45) is -4.32. The van der Waals surface area contributed by atoms with E-state index < -0.39 is 39.8 Å². The van der Waals surface area contributed by atoms with Gasteiger partial charge in [-0.3, -0.25) is 4.79 Å². The standard InChI is InChI=1S/C13H24F3NO3S/c1-6-8(2)7-9(11(18)19)10(13(14,15)16)17-21(20)12(3,4)5/h8-10,17H,6-7H2,1-5H3,(H,18,19)/t8?,9-,10-,21-/m0/s1. The Hall–Kier alpha value is -0.630. The topological polar surface area (TPSA) is 66.4 Å². The van der Waals surface area contributed by atoms with Crippen molar-refractivity contribution in [2.24, 2.45) is 11.8 Å². The van der Waals surface area contributed by atoms with Crippen LogP contribution in [0.3, 0.4) is 0 Å². The van der Waals surface area contributed by atoms with Gasteiger partial charge >= 0.3 is 12.1 Å². The van der Waals surface area contributed by atoms with Gasteiger partial charge < -0.3 is 5.11 Å². The fourth-order valence-corrected chi connectivity index (χ4v) is 2.53. The summed E-state index contributed by atoms with van der Waals surface area (Å²) in [5, 5.41) is 9.13. The molecule has 0 aromatic rings. The molecule has 0 aromatic heterocycles. The smallest absolute Gasteiger partial charge is 0.405 e. The molecular formula is C13H24F3NO3S. The van der Waals surface area contributed by atoms with Gasteiger partial charge in [-0.2, -0.15) is 13.2 Å². The van der Waals surface area contributed by atoms with Crippen LogP contribution in [0.4, 0.5) is 13.2 Å². The number of carbonyl (C=O) groups is 1. The average Bonchev–Trinajstić information content (AvgIpc) is 2.29. The zero-order valence-corrected chi connectivity index (χ0v) is 13.8. The molecule has 0 rings (SSSR count). The van der Waals surface area contributed by atoms with Crippen molar-refractivity contribution in [3.63, 3.8) is 0 Å². The van der Waals surface area contributed by atoms with Crippen LogP contribution in [-0.4, -0.2) is 32.2 Å². The third-order valence-electron chi connectivity index (χ3n) is 3.22. The van der Waals surface area contributed by atoms with Crippen molar-refractivity contribution in [2.75, 3.05) is 0 Å². The molecule has 0 aliphatic heterocycles. The summed E-state index contributed by atoms with van der Waals surface area (Å²) in [4.78, 5) is 11.2. The molecule has 0 amide bonds. The van der Waals surface area contributed by atoms with Crippen LogP contribution in [-0.2, 0) is 15.8 Å². The number of hydrogen-bond acceptors (Lipinski definition) is 2. The quantitative estimate of drug-likeness (QED) is 0.753. The molecule has 8 heteroatoms. The maximum absolute atomic E-state index is 13.2. The molecule has 0 spiro atoms. The second-order valence-electron chi connectivity index (χ2n) is 6.21. The third kappa shape index (κ3) is 6.78. The SMILES string of the molecule is CCC(C)C[C@H](C(=O)O)[C@H](N[S@@](=O)C(C)(C)C)C(F)(F)F. The first-order valence-corrected chi connectivity index (χ1v) is 7.93. The van der Waals surface area contributed by atoms with Crippen molar-refractivity contribution >= 4 is 17.0 Å². The van der Waals surface area contributed by atoms with Crippen LogP contribution in [0, 0.1) is 11.8 Å². The fourth-order valence-electron chi connectivity index (χ4n) is 1.65. The molecule has 0 radical (unpaired) electrons. The zero-order chi connectivity index (χ0) is 17.0. The van der Waals surface area contributed by atoms with Crippen molar-refractivity contribution in [1.82, 2.24) is 4.72 Å². The molecule has 0 aromatic carbocycles. The van der Waals surface area contributed by atoms with Gasteiger partial charge in [0.05, 0.1) is 21.7 Å². The van der Waals surface area contributed by atoms with E-state index in [2.05, 4.69) is 0 Å². The molecule has 0 saturated heterocycles. The summed E-state index contributed by atoms with van der Waals surface area (Å²) in [6, 6.07) is -2.33. The second kappa shape index (κ2) is 7.58. The van der Waals surface area contributed by atoms with Crippen LogP contribution in [0.2, 0.25) is 0 Å². The Morgan fingerprint density at radius 1 is 1.29 bits per heavy atom. The van der Waals surface area contributed by atoms with E-state index in [1.807, 2.05) is 4.72 Å². The van der Waals surface area contributed by atoms with Crippen LogP contribution < -0.4 is 4.72 Å². The number of nitrogens with one attached hydrogen (secondary N) is 1. The maximum Gasteiger partial charge on any atom is 0.405 e. The summed E-state index contributed by atoms with van der Waals surface area (Å²) in [5.74, 6) is -3.36. The van der Waals surface area contributed by atoms with E-state index in [-0.39, 0.29) is 12.3 Å². The Morgan fingerprint density at radius 2 is 1.76 bits per heavy atom. The Morgan fingerprint density at radius 3 is 2.05 bits per heavy atom. The van der Waals surface area contributed by atoms with Crippen molar-refractivity contribution in [2.45, 2.75) is 64.4 Å². The highest BCUT2D eigenvalue weighted by Crippen LogP contribution is 2.31. The summed E-state index contributed by atoms with van der Waals surface area (Å²) >= 11 is 0. The van der Waals surface area contributed by atoms with Gasteiger partial charge in [-0.25, -0.2) is 8.93 Å². The molecule has 126 valence electrons. The lowest BCUT2D eigenvalue weighted by Crippen LogP contribution is -2.53. The minimum Gasteiger partial charge on any atom is -0.481 e. The summed E-state index contributed by atoms with van der Waals surface area (Å²) in [7, 11) is -2.00. The van der Waals surface area contributed by atoms with E-state index in [9.17, 15) is 22.2 Å². The van der Waals surface area contributed by atoms with Crippen molar-refractivity contribution in [3.05, 3.63) is 0 Å². The first kappa shape index (κ1) is 20.4. The minimum absolute atomic E-state index is 0.121. The van der Waals surface area contributed by atoms with Gasteiger partial charge in [-0.1, -0.05) is 20.3 Å². The normalized spacial score (nSPS) is 18.9. The first-order valence-electron chi connectivity index (χ1n) is 6.78. The lowest BCUT2D eigenvalue weighted by Gasteiger charge is -2.30. The molecule has 0 fully saturated rings. The van der Waals surface area contributed by atoms with Crippen LogP contribution in [0.1, 0.15) is 47.5 Å². The van der Waals surface area contributed by atoms with Gasteiger partial charge in [0.2, 0.25) is 0 Å². The number of aliphatic carboxylic acids is 1. The van der Waals surface area contributed by atoms with Crippen LogP contribution in [0.5, 0.6) is 0 Å². The number of carboxylic acid groups (broad SMARTS) is 1. The number of carboxylic acids is 1. The molecule has 21 heavy (non-hydrogen) atoms. The summed E-state index contributed by atoms with van der Waals surface area (Å²) < 4.78 is 52.5. The lowest BCUT2D eigenvalue weighted by atomic mass is 9.88. The Labute approximate surface area is 126 Å². The predicted octanol–water partition coefficient (Wildman–Crippen LogP) is 3.11. The highest BCUT2D eigenvalue weighted by atomic mass is 32.2. The zero-order valence-electron chi connectivity index (χ0n) is 13.0. The lowest BCUT2D eigenvalue weighted by molar-refractivity contribution is -0.177. The van der Waals surface area contributed by atoms with Gasteiger partial charge in [0.15, 0.2) is 0 Å². The van der Waals surface area contributed by atoms with Gasteiger partial charge in [0.25, 0.3) is 0 Å². The molecule has 1 unspecified atom stereocenters. The molecule has 0 bridgehead atoms. The van der Waals surface area contributed by atoms with E-state index in [0.29, 0.717) is 6.42 Å². The van der Waals surface area contributed by atoms with E-state index >= 15 is 0 Å². The van der Waals surface area contributed by atoms with Crippen LogP contribution in [0.25, 0.3) is 0 Å². The minimum atomic E-state index is -4.78. The molecule has 0 aliphatic carbocycles. The van der Waals surface area contributed by atoms with Crippen LogP contribution >= 0.6 is 0 Å². The predicted molar refractivity (Wildman–Crippen MR) is 76.1 cm³/mol.